The van der Waals surface area contributed by atoms with E-state index in [1.807, 2.05) is 36.7 Å². The van der Waals surface area contributed by atoms with Crippen LogP contribution in [0.2, 0.25) is 0 Å². The second-order valence-corrected chi connectivity index (χ2v) is 7.13. The first-order valence-electron chi connectivity index (χ1n) is 6.93. The highest BCUT2D eigenvalue weighted by atomic mass is 32.1. The van der Waals surface area contributed by atoms with Gasteiger partial charge in [0.1, 0.15) is 0 Å². The van der Waals surface area contributed by atoms with Crippen LogP contribution in [0.25, 0.3) is 11.3 Å². The summed E-state index contributed by atoms with van der Waals surface area (Å²) in [5, 5.41) is 7.38. The van der Waals surface area contributed by atoms with E-state index in [1.165, 1.54) is 21.8 Å². The first kappa shape index (κ1) is 14.9. The van der Waals surface area contributed by atoms with Crippen LogP contribution in [-0.4, -0.2) is 10.9 Å². The van der Waals surface area contributed by atoms with Crippen LogP contribution in [0.1, 0.15) is 26.4 Å². The van der Waals surface area contributed by atoms with Crippen molar-refractivity contribution in [1.82, 2.24) is 4.98 Å². The van der Waals surface area contributed by atoms with Crippen LogP contribution in [0.4, 0.5) is 5.13 Å². The van der Waals surface area contributed by atoms with Crippen molar-refractivity contribution in [3.8, 4) is 11.3 Å². The van der Waals surface area contributed by atoms with Gasteiger partial charge in [-0.1, -0.05) is 29.8 Å². The fourth-order valence-electron chi connectivity index (χ4n) is 2.09. The molecule has 2 heterocycles. The normalized spacial score (nSPS) is 10.7. The number of hydrogen-bond acceptors (Lipinski definition) is 4. The summed E-state index contributed by atoms with van der Waals surface area (Å²) in [5.74, 6) is -0.0911. The van der Waals surface area contributed by atoms with Gasteiger partial charge < -0.3 is 0 Å². The zero-order valence-corrected chi connectivity index (χ0v) is 14.3. The lowest BCUT2D eigenvalue weighted by molar-refractivity contribution is 0.102. The number of rotatable bonds is 3. The van der Waals surface area contributed by atoms with Crippen molar-refractivity contribution in [1.29, 1.82) is 0 Å². The summed E-state index contributed by atoms with van der Waals surface area (Å²) in [4.78, 5) is 18.0. The van der Waals surface area contributed by atoms with Gasteiger partial charge in [0.25, 0.3) is 5.91 Å². The molecule has 0 bridgehead atoms. The third-order valence-corrected chi connectivity index (χ3v) is 5.37. The predicted octanol–water partition coefficient (Wildman–Crippen LogP) is 5.05. The molecule has 3 nitrogen and oxygen atoms in total. The number of carbonyl (C=O) groups is 1. The molecule has 0 aliphatic carbocycles. The number of aromatic nitrogens is 1. The molecule has 3 rings (SSSR count). The van der Waals surface area contributed by atoms with Crippen molar-refractivity contribution in [2.75, 3.05) is 5.32 Å². The maximum atomic E-state index is 12.3. The average Bonchev–Trinajstić information content (AvgIpc) is 3.08. The minimum Gasteiger partial charge on any atom is -0.298 e. The molecule has 1 amide bonds. The minimum atomic E-state index is -0.0911. The highest BCUT2D eigenvalue weighted by Gasteiger charge is 2.14. The van der Waals surface area contributed by atoms with E-state index in [2.05, 4.69) is 29.4 Å². The van der Waals surface area contributed by atoms with Crippen molar-refractivity contribution in [2.45, 2.75) is 20.8 Å². The molecule has 0 saturated carbocycles. The van der Waals surface area contributed by atoms with Gasteiger partial charge in [-0.2, -0.15) is 0 Å². The Bertz CT molecular complexity index is 816. The molecule has 5 heteroatoms. The number of benzene rings is 1. The van der Waals surface area contributed by atoms with Crippen LogP contribution < -0.4 is 5.32 Å². The number of thiophene rings is 1. The zero-order valence-electron chi connectivity index (χ0n) is 12.6. The Morgan fingerprint density at radius 1 is 1.05 bits per heavy atom. The highest BCUT2D eigenvalue weighted by Crippen LogP contribution is 2.26. The third kappa shape index (κ3) is 2.96. The lowest BCUT2D eigenvalue weighted by Crippen LogP contribution is -2.12. The second kappa shape index (κ2) is 6.02. The Labute approximate surface area is 137 Å². The van der Waals surface area contributed by atoms with Gasteiger partial charge in [0.05, 0.1) is 11.3 Å². The van der Waals surface area contributed by atoms with Crippen molar-refractivity contribution in [3.05, 3.63) is 56.6 Å². The summed E-state index contributed by atoms with van der Waals surface area (Å²) in [6.45, 7) is 6.05. The number of nitrogens with zero attached hydrogens (tertiary/aromatic N) is 1. The van der Waals surface area contributed by atoms with Crippen LogP contribution in [0.15, 0.2) is 35.0 Å². The van der Waals surface area contributed by atoms with Crippen LogP contribution in [0, 0.1) is 20.8 Å². The number of amides is 1. The third-order valence-electron chi connectivity index (χ3n) is 3.60. The largest absolute Gasteiger partial charge is 0.298 e. The number of anilines is 1. The molecule has 22 heavy (non-hydrogen) atoms. The van der Waals surface area contributed by atoms with E-state index in [0.29, 0.717) is 5.13 Å². The monoisotopic (exact) mass is 328 g/mol. The predicted molar refractivity (Wildman–Crippen MR) is 94.0 cm³/mol. The quantitative estimate of drug-likeness (QED) is 0.731. The van der Waals surface area contributed by atoms with Gasteiger partial charge in [-0.3, -0.25) is 10.1 Å². The molecule has 112 valence electrons. The Morgan fingerprint density at radius 2 is 1.77 bits per heavy atom. The van der Waals surface area contributed by atoms with Crippen LogP contribution in [0.5, 0.6) is 0 Å². The smallest absolute Gasteiger partial charge is 0.258 e. The van der Waals surface area contributed by atoms with E-state index in [-0.39, 0.29) is 5.91 Å². The molecule has 2 aromatic heterocycles. The number of carbonyl (C=O) groups excluding carboxylic acids is 1. The lowest BCUT2D eigenvalue weighted by Gasteiger charge is -2.01. The Hall–Kier alpha value is -1.98. The lowest BCUT2D eigenvalue weighted by atomic mass is 10.1. The van der Waals surface area contributed by atoms with E-state index in [1.54, 1.807) is 11.3 Å². The molecule has 1 aromatic carbocycles. The van der Waals surface area contributed by atoms with Gasteiger partial charge >= 0.3 is 0 Å². The molecule has 1 N–H and O–H groups in total. The highest BCUT2D eigenvalue weighted by molar-refractivity contribution is 7.14. The van der Waals surface area contributed by atoms with Crippen LogP contribution in [-0.2, 0) is 0 Å². The minimum absolute atomic E-state index is 0.0911. The molecule has 0 fully saturated rings. The molecule has 0 atom stereocenters. The molecule has 0 aliphatic rings. The summed E-state index contributed by atoms with van der Waals surface area (Å²) in [6, 6.07) is 8.21. The van der Waals surface area contributed by atoms with E-state index >= 15 is 0 Å². The SMILES string of the molecule is Cc1ccc(-c2csc(NC(=O)c3csc(C)c3C)n2)cc1. The van der Waals surface area contributed by atoms with E-state index in [4.69, 9.17) is 0 Å². The molecule has 0 aliphatic heterocycles. The van der Waals surface area contributed by atoms with Crippen LogP contribution >= 0.6 is 22.7 Å². The van der Waals surface area contributed by atoms with Crippen molar-refractivity contribution < 1.29 is 4.79 Å². The number of aryl methyl sites for hydroxylation is 2. The van der Waals surface area contributed by atoms with Gasteiger partial charge in [0.2, 0.25) is 0 Å². The molecule has 0 spiro atoms. The van der Waals surface area contributed by atoms with E-state index in [9.17, 15) is 4.79 Å². The summed E-state index contributed by atoms with van der Waals surface area (Å²) in [7, 11) is 0. The number of hydrogen-bond donors (Lipinski definition) is 1. The summed E-state index contributed by atoms with van der Waals surface area (Å²) in [6.07, 6.45) is 0. The Morgan fingerprint density at radius 3 is 2.41 bits per heavy atom. The summed E-state index contributed by atoms with van der Waals surface area (Å²) < 4.78 is 0. The average molecular weight is 328 g/mol. The van der Waals surface area contributed by atoms with Gasteiger partial charge in [0.15, 0.2) is 5.13 Å². The van der Waals surface area contributed by atoms with E-state index in [0.717, 1.165) is 22.4 Å². The molecule has 0 radical (unpaired) electrons. The van der Waals surface area contributed by atoms with Gasteiger partial charge in [-0.25, -0.2) is 4.98 Å². The van der Waals surface area contributed by atoms with Gasteiger partial charge in [-0.05, 0) is 26.3 Å². The Kier molecular flexibility index (Phi) is 4.09. The Balaban J connectivity index is 1.78. The standard InChI is InChI=1S/C17H16N2OS2/c1-10-4-6-13(7-5-10)15-9-22-17(18-15)19-16(20)14-8-21-12(3)11(14)2/h4-9H,1-3H3,(H,18,19,20). The molecule has 0 saturated heterocycles. The molecule has 3 aromatic rings. The molecular weight excluding hydrogens is 312 g/mol. The number of nitrogens with one attached hydrogen (secondary N) is 1. The van der Waals surface area contributed by atoms with Crippen molar-refractivity contribution in [2.24, 2.45) is 0 Å². The van der Waals surface area contributed by atoms with Gasteiger partial charge in [-0.15, -0.1) is 22.7 Å². The maximum Gasteiger partial charge on any atom is 0.258 e. The first-order chi connectivity index (χ1) is 10.5. The first-order valence-corrected chi connectivity index (χ1v) is 8.69. The van der Waals surface area contributed by atoms with Crippen LogP contribution in [0.3, 0.4) is 0 Å². The second-order valence-electron chi connectivity index (χ2n) is 5.19. The van der Waals surface area contributed by atoms with Gasteiger partial charge in [0, 0.05) is 21.2 Å². The fraction of sp³-hybridized carbons (Fsp3) is 0.176. The molecular formula is C17H16N2OS2. The summed E-state index contributed by atoms with van der Waals surface area (Å²) in [5.41, 5.74) is 4.94. The molecule has 0 unspecified atom stereocenters. The van der Waals surface area contributed by atoms with Crippen molar-refractivity contribution >= 4 is 33.7 Å². The summed E-state index contributed by atoms with van der Waals surface area (Å²) >= 11 is 3.04. The van der Waals surface area contributed by atoms with Crippen molar-refractivity contribution in [3.63, 3.8) is 0 Å². The number of thiazole rings is 1. The maximum absolute atomic E-state index is 12.3. The topological polar surface area (TPSA) is 42.0 Å². The van der Waals surface area contributed by atoms with E-state index < -0.39 is 0 Å². The fourth-order valence-corrected chi connectivity index (χ4v) is 3.67. The zero-order chi connectivity index (χ0) is 15.7.